The number of nitrogens with zero attached hydrogens (tertiary/aromatic N) is 2. The summed E-state index contributed by atoms with van der Waals surface area (Å²) in [6.45, 7) is 5.66. The lowest BCUT2D eigenvalue weighted by Crippen LogP contribution is -2.57. The maximum absolute atomic E-state index is 12.6. The highest BCUT2D eigenvalue weighted by Gasteiger charge is 2.40. The Bertz CT molecular complexity index is 682. The highest BCUT2D eigenvalue weighted by atomic mass is 16.5. The molecule has 1 aromatic carbocycles. The molecule has 0 aromatic heterocycles. The van der Waals surface area contributed by atoms with E-state index in [1.54, 1.807) is 9.80 Å². The van der Waals surface area contributed by atoms with Crippen LogP contribution in [0.3, 0.4) is 0 Å². The quantitative estimate of drug-likeness (QED) is 0.594. The zero-order chi connectivity index (χ0) is 18.5. The molecule has 138 valence electrons. The lowest BCUT2D eigenvalue weighted by atomic mass is 9.92. The smallest absolute Gasteiger partial charge is 0.312 e. The van der Waals surface area contributed by atoms with Gasteiger partial charge in [-0.2, -0.15) is 0 Å². The van der Waals surface area contributed by atoms with E-state index in [2.05, 4.69) is 6.58 Å². The van der Waals surface area contributed by atoms with Gasteiger partial charge in [-0.15, -0.1) is 0 Å². The molecule has 0 radical (unpaired) electrons. The molecule has 0 saturated carbocycles. The maximum atomic E-state index is 12.6. The Hall–Kier alpha value is -2.63. The number of hydrogen-bond donors (Lipinski definition) is 0. The summed E-state index contributed by atoms with van der Waals surface area (Å²) in [6.07, 6.45) is 2.88. The molecule has 3 rings (SSSR count). The van der Waals surface area contributed by atoms with Gasteiger partial charge in [0.2, 0.25) is 11.8 Å². The van der Waals surface area contributed by atoms with Crippen molar-refractivity contribution >= 4 is 17.8 Å². The average molecular weight is 356 g/mol. The molecule has 2 aliphatic heterocycles. The molecular weight excluding hydrogens is 332 g/mol. The van der Waals surface area contributed by atoms with E-state index in [-0.39, 0.29) is 36.2 Å². The number of ether oxygens (including phenoxy) is 1. The summed E-state index contributed by atoms with van der Waals surface area (Å²) < 4.78 is 5.33. The van der Waals surface area contributed by atoms with Crippen molar-refractivity contribution in [3.8, 4) is 0 Å². The minimum atomic E-state index is -0.259. The molecule has 1 atom stereocenters. The standard InChI is InChI=1S/C20H24N2O4/c1-2-18(23)21-10-6-9-16(11-21)19(24)22-12-17(13-22)20(25)26-14-15-7-4-3-5-8-15/h2-5,7-8,16-17H,1,6,9-14H2. The van der Waals surface area contributed by atoms with E-state index in [0.29, 0.717) is 26.2 Å². The fourth-order valence-corrected chi connectivity index (χ4v) is 3.42. The summed E-state index contributed by atoms with van der Waals surface area (Å²) in [5, 5.41) is 0. The molecule has 2 aliphatic rings. The van der Waals surface area contributed by atoms with Crippen molar-refractivity contribution in [3.05, 3.63) is 48.6 Å². The van der Waals surface area contributed by atoms with Gasteiger partial charge in [-0.05, 0) is 24.5 Å². The predicted octanol–water partition coefficient (Wildman–Crippen LogP) is 1.61. The van der Waals surface area contributed by atoms with Gasteiger partial charge in [0.15, 0.2) is 0 Å². The minimum Gasteiger partial charge on any atom is -0.460 e. The molecule has 2 saturated heterocycles. The van der Waals surface area contributed by atoms with Crippen molar-refractivity contribution in [2.45, 2.75) is 19.4 Å². The first kappa shape index (κ1) is 18.2. The molecule has 26 heavy (non-hydrogen) atoms. The van der Waals surface area contributed by atoms with E-state index >= 15 is 0 Å². The van der Waals surface area contributed by atoms with Gasteiger partial charge in [0.1, 0.15) is 6.61 Å². The van der Waals surface area contributed by atoms with Crippen molar-refractivity contribution in [3.63, 3.8) is 0 Å². The van der Waals surface area contributed by atoms with Crippen LogP contribution >= 0.6 is 0 Å². The number of benzene rings is 1. The van der Waals surface area contributed by atoms with Crippen molar-refractivity contribution in [1.82, 2.24) is 9.80 Å². The number of piperidine rings is 1. The van der Waals surface area contributed by atoms with Crippen LogP contribution in [0.15, 0.2) is 43.0 Å². The number of esters is 1. The maximum Gasteiger partial charge on any atom is 0.312 e. The number of likely N-dealkylation sites (tertiary alicyclic amines) is 2. The molecule has 0 spiro atoms. The van der Waals surface area contributed by atoms with Crippen LogP contribution in [-0.4, -0.2) is 53.8 Å². The van der Waals surface area contributed by atoms with E-state index in [1.807, 2.05) is 30.3 Å². The molecule has 0 bridgehead atoms. The molecule has 6 nitrogen and oxygen atoms in total. The second kappa shape index (κ2) is 8.17. The monoisotopic (exact) mass is 356 g/mol. The lowest BCUT2D eigenvalue weighted by molar-refractivity contribution is -0.161. The van der Waals surface area contributed by atoms with Crippen LogP contribution < -0.4 is 0 Å². The number of hydrogen-bond acceptors (Lipinski definition) is 4. The average Bonchev–Trinajstić information content (AvgIpc) is 2.65. The van der Waals surface area contributed by atoms with Gasteiger partial charge in [-0.1, -0.05) is 36.9 Å². The molecule has 0 aliphatic carbocycles. The van der Waals surface area contributed by atoms with E-state index in [1.165, 1.54) is 6.08 Å². The molecule has 2 fully saturated rings. The first-order valence-electron chi connectivity index (χ1n) is 8.99. The molecule has 1 unspecified atom stereocenters. The van der Waals surface area contributed by atoms with Crippen molar-refractivity contribution < 1.29 is 19.1 Å². The summed E-state index contributed by atoms with van der Waals surface area (Å²) in [5.74, 6) is -0.803. The Balaban J connectivity index is 1.43. The van der Waals surface area contributed by atoms with Gasteiger partial charge in [0.05, 0.1) is 11.8 Å². The Kier molecular flexibility index (Phi) is 5.71. The van der Waals surface area contributed by atoms with Crippen LogP contribution in [-0.2, 0) is 25.7 Å². The zero-order valence-electron chi connectivity index (χ0n) is 14.8. The Morgan fingerprint density at radius 3 is 2.46 bits per heavy atom. The van der Waals surface area contributed by atoms with E-state index in [4.69, 9.17) is 4.74 Å². The number of rotatable bonds is 5. The Morgan fingerprint density at radius 2 is 1.77 bits per heavy atom. The molecule has 2 heterocycles. The van der Waals surface area contributed by atoms with Crippen LogP contribution in [0.4, 0.5) is 0 Å². The molecule has 2 amide bonds. The lowest BCUT2D eigenvalue weighted by Gasteiger charge is -2.41. The summed E-state index contributed by atoms with van der Waals surface area (Å²) in [6, 6.07) is 9.53. The number of carbonyl (C=O) groups is 3. The molecule has 0 N–H and O–H groups in total. The van der Waals surface area contributed by atoms with Gasteiger partial charge >= 0.3 is 5.97 Å². The number of amides is 2. The predicted molar refractivity (Wildman–Crippen MR) is 95.8 cm³/mol. The third-order valence-electron chi connectivity index (χ3n) is 5.01. The van der Waals surface area contributed by atoms with Crippen LogP contribution in [0, 0.1) is 11.8 Å². The molecule has 1 aromatic rings. The Labute approximate surface area is 153 Å². The highest BCUT2D eigenvalue weighted by molar-refractivity contribution is 5.88. The first-order chi connectivity index (χ1) is 12.6. The minimum absolute atomic E-state index is 0.0265. The highest BCUT2D eigenvalue weighted by Crippen LogP contribution is 2.25. The van der Waals surface area contributed by atoms with Crippen LogP contribution in [0.2, 0.25) is 0 Å². The summed E-state index contributed by atoms with van der Waals surface area (Å²) in [7, 11) is 0. The second-order valence-corrected chi connectivity index (χ2v) is 6.86. The third kappa shape index (κ3) is 4.12. The van der Waals surface area contributed by atoms with E-state index in [0.717, 1.165) is 18.4 Å². The SMILES string of the molecule is C=CC(=O)N1CCCC(C(=O)N2CC(C(=O)OCc3ccccc3)C2)C1. The van der Waals surface area contributed by atoms with Crippen LogP contribution in [0.25, 0.3) is 0 Å². The van der Waals surface area contributed by atoms with Gasteiger partial charge in [-0.3, -0.25) is 14.4 Å². The summed E-state index contributed by atoms with van der Waals surface area (Å²) >= 11 is 0. The largest absolute Gasteiger partial charge is 0.460 e. The fraction of sp³-hybridized carbons (Fsp3) is 0.450. The van der Waals surface area contributed by atoms with Crippen LogP contribution in [0.1, 0.15) is 18.4 Å². The summed E-state index contributed by atoms with van der Waals surface area (Å²) in [4.78, 5) is 39.8. The van der Waals surface area contributed by atoms with Crippen molar-refractivity contribution in [2.24, 2.45) is 11.8 Å². The number of carbonyl (C=O) groups excluding carboxylic acids is 3. The van der Waals surface area contributed by atoms with E-state index in [9.17, 15) is 14.4 Å². The van der Waals surface area contributed by atoms with Gasteiger partial charge < -0.3 is 14.5 Å². The van der Waals surface area contributed by atoms with Crippen LogP contribution in [0.5, 0.6) is 0 Å². The zero-order valence-corrected chi connectivity index (χ0v) is 14.8. The van der Waals surface area contributed by atoms with Gasteiger partial charge in [0.25, 0.3) is 0 Å². The van der Waals surface area contributed by atoms with Crippen molar-refractivity contribution in [1.29, 1.82) is 0 Å². The molecule has 6 heteroatoms. The summed E-state index contributed by atoms with van der Waals surface area (Å²) in [5.41, 5.74) is 0.947. The second-order valence-electron chi connectivity index (χ2n) is 6.86. The molecular formula is C20H24N2O4. The van der Waals surface area contributed by atoms with Crippen molar-refractivity contribution in [2.75, 3.05) is 26.2 Å². The Morgan fingerprint density at radius 1 is 1.08 bits per heavy atom. The normalized spacial score (nSPS) is 20.2. The topological polar surface area (TPSA) is 66.9 Å². The van der Waals surface area contributed by atoms with Gasteiger partial charge in [0, 0.05) is 26.2 Å². The third-order valence-corrected chi connectivity index (χ3v) is 5.01. The first-order valence-corrected chi connectivity index (χ1v) is 8.99. The fourth-order valence-electron chi connectivity index (χ4n) is 3.42. The van der Waals surface area contributed by atoms with E-state index < -0.39 is 0 Å². The van der Waals surface area contributed by atoms with Gasteiger partial charge in [-0.25, -0.2) is 0 Å².